The largest absolute Gasteiger partial charge is 0.416 e. The van der Waals surface area contributed by atoms with Gasteiger partial charge in [-0.3, -0.25) is 4.21 Å². The Balaban J connectivity index is 1.67. The molecule has 158 valence electrons. The highest BCUT2D eigenvalue weighted by Crippen LogP contribution is 2.36. The van der Waals surface area contributed by atoms with Crippen LogP contribution in [0.1, 0.15) is 11.1 Å². The number of nitrogens with zero attached hydrogens (tertiary/aromatic N) is 5. The smallest absolute Gasteiger partial charge is 0.353 e. The molecular weight excluding hydrogens is 459 g/mol. The zero-order chi connectivity index (χ0) is 21.3. The fourth-order valence-electron chi connectivity index (χ4n) is 3.13. The van der Waals surface area contributed by atoms with Gasteiger partial charge in [0.1, 0.15) is 22.4 Å². The predicted octanol–water partition coefficient (Wildman–Crippen LogP) is 3.95. The Morgan fingerprint density at radius 1 is 1.10 bits per heavy atom. The van der Waals surface area contributed by atoms with Gasteiger partial charge in [0, 0.05) is 41.1 Å². The molecule has 2 aromatic heterocycles. The van der Waals surface area contributed by atoms with Gasteiger partial charge >= 0.3 is 6.18 Å². The lowest BCUT2D eigenvalue weighted by atomic mass is 10.1. The number of fused-ring (bicyclic) bond motifs is 1. The van der Waals surface area contributed by atoms with Crippen molar-refractivity contribution >= 4 is 51.0 Å². The molecule has 6 nitrogen and oxygen atoms in total. The summed E-state index contributed by atoms with van der Waals surface area (Å²) in [5.74, 6) is 1.61. The van der Waals surface area contributed by atoms with E-state index in [1.165, 1.54) is 18.5 Å². The van der Waals surface area contributed by atoms with Gasteiger partial charge in [-0.1, -0.05) is 30.0 Å². The summed E-state index contributed by atoms with van der Waals surface area (Å²) in [6, 6.07) is 5.44. The second kappa shape index (κ2) is 8.64. The maximum atomic E-state index is 13.3. The van der Waals surface area contributed by atoms with Crippen molar-refractivity contribution in [1.82, 2.24) is 19.9 Å². The molecule has 0 radical (unpaired) electrons. The average Bonchev–Trinajstić information content (AvgIpc) is 2.72. The Morgan fingerprint density at radius 3 is 2.57 bits per heavy atom. The fourth-order valence-corrected chi connectivity index (χ4v) is 5.29. The average molecular weight is 474 g/mol. The van der Waals surface area contributed by atoms with Crippen molar-refractivity contribution < 1.29 is 17.4 Å². The Morgan fingerprint density at radius 2 is 1.83 bits per heavy atom. The van der Waals surface area contributed by atoms with E-state index in [4.69, 9.17) is 11.6 Å². The molecule has 0 amide bonds. The van der Waals surface area contributed by atoms with Crippen molar-refractivity contribution in [2.75, 3.05) is 29.5 Å². The summed E-state index contributed by atoms with van der Waals surface area (Å²) in [6.45, 7) is 1.08. The van der Waals surface area contributed by atoms with Gasteiger partial charge in [0.25, 0.3) is 0 Å². The van der Waals surface area contributed by atoms with Crippen LogP contribution in [0.4, 0.5) is 19.0 Å². The molecule has 3 heterocycles. The number of rotatable bonds is 4. The van der Waals surface area contributed by atoms with Crippen molar-refractivity contribution in [2.24, 2.45) is 0 Å². The minimum absolute atomic E-state index is 0.00321. The quantitative estimate of drug-likeness (QED) is 0.323. The van der Waals surface area contributed by atoms with Gasteiger partial charge in [0.15, 0.2) is 5.82 Å². The summed E-state index contributed by atoms with van der Waals surface area (Å²) in [5, 5.41) is 0.416. The van der Waals surface area contributed by atoms with Crippen LogP contribution in [-0.4, -0.2) is 48.7 Å². The molecule has 0 bridgehead atoms. The molecule has 0 atom stereocenters. The van der Waals surface area contributed by atoms with E-state index in [0.717, 1.165) is 17.8 Å². The third kappa shape index (κ3) is 4.52. The van der Waals surface area contributed by atoms with Gasteiger partial charge < -0.3 is 4.90 Å². The number of hydrogen-bond acceptors (Lipinski definition) is 7. The summed E-state index contributed by atoms with van der Waals surface area (Å²) in [5.41, 5.74) is 0.327. The van der Waals surface area contributed by atoms with E-state index >= 15 is 0 Å². The van der Waals surface area contributed by atoms with Crippen molar-refractivity contribution in [3.8, 4) is 0 Å². The van der Waals surface area contributed by atoms with E-state index < -0.39 is 22.5 Å². The van der Waals surface area contributed by atoms with Crippen molar-refractivity contribution in [1.29, 1.82) is 0 Å². The number of hydrogen-bond donors (Lipinski definition) is 0. The van der Waals surface area contributed by atoms with Gasteiger partial charge in [0.05, 0.1) is 5.56 Å². The standard InChI is InChI=1S/C18H15ClF3N5OS2/c19-17-25-14-13(15(26-17)27-5-7-30(28)8-6-27)23-10-24-16(14)29-9-11-3-1-2-4-12(11)18(20,21)22/h1-4,10H,5-9H2. The first-order valence-electron chi connectivity index (χ1n) is 8.89. The van der Waals surface area contributed by atoms with Crippen LogP contribution in [0, 0.1) is 0 Å². The number of aromatic nitrogens is 4. The maximum Gasteiger partial charge on any atom is 0.416 e. The maximum absolute atomic E-state index is 13.3. The first-order valence-corrected chi connectivity index (χ1v) is 11.7. The van der Waals surface area contributed by atoms with E-state index in [-0.39, 0.29) is 16.6 Å². The van der Waals surface area contributed by atoms with Gasteiger partial charge in [-0.25, -0.2) is 15.0 Å². The summed E-state index contributed by atoms with van der Waals surface area (Å²) in [7, 11) is -0.859. The summed E-state index contributed by atoms with van der Waals surface area (Å²) in [4.78, 5) is 19.0. The van der Waals surface area contributed by atoms with Crippen LogP contribution in [0.5, 0.6) is 0 Å². The minimum atomic E-state index is -4.43. The van der Waals surface area contributed by atoms with Crippen molar-refractivity contribution in [2.45, 2.75) is 17.0 Å². The minimum Gasteiger partial charge on any atom is -0.353 e. The van der Waals surface area contributed by atoms with E-state index in [2.05, 4.69) is 19.9 Å². The SMILES string of the molecule is O=S1CCN(c2nc(Cl)nc3c(SCc4ccccc4C(F)(F)F)ncnc23)CC1. The van der Waals surface area contributed by atoms with E-state index in [0.29, 0.717) is 46.5 Å². The predicted molar refractivity (Wildman–Crippen MR) is 111 cm³/mol. The second-order valence-corrected chi connectivity index (χ2v) is 9.47. The highest BCUT2D eigenvalue weighted by molar-refractivity contribution is 7.98. The Kier molecular flexibility index (Phi) is 6.12. The molecule has 1 aliphatic rings. The fraction of sp³-hybridized carbons (Fsp3) is 0.333. The summed E-state index contributed by atoms with van der Waals surface area (Å²) >= 11 is 7.25. The van der Waals surface area contributed by atoms with Gasteiger partial charge in [-0.2, -0.15) is 18.2 Å². The molecule has 0 saturated carbocycles. The number of anilines is 1. The van der Waals surface area contributed by atoms with Crippen molar-refractivity contribution in [3.63, 3.8) is 0 Å². The molecule has 1 fully saturated rings. The molecular formula is C18H15ClF3N5OS2. The molecule has 3 aromatic rings. The Labute approximate surface area is 181 Å². The van der Waals surface area contributed by atoms with Crippen LogP contribution in [-0.2, 0) is 22.7 Å². The summed E-state index contributed by atoms with van der Waals surface area (Å²) < 4.78 is 51.5. The molecule has 1 saturated heterocycles. The zero-order valence-electron chi connectivity index (χ0n) is 15.4. The number of benzene rings is 1. The van der Waals surface area contributed by atoms with E-state index in [1.807, 2.05) is 4.90 Å². The Bertz CT molecular complexity index is 1100. The number of alkyl halides is 3. The highest BCUT2D eigenvalue weighted by atomic mass is 35.5. The third-order valence-electron chi connectivity index (χ3n) is 4.57. The molecule has 30 heavy (non-hydrogen) atoms. The van der Waals surface area contributed by atoms with E-state index in [9.17, 15) is 17.4 Å². The van der Waals surface area contributed by atoms with Crippen LogP contribution >= 0.6 is 23.4 Å². The molecule has 0 aliphatic carbocycles. The normalized spacial score (nSPS) is 15.7. The van der Waals surface area contributed by atoms with Crippen LogP contribution in [0.25, 0.3) is 11.0 Å². The lowest BCUT2D eigenvalue weighted by Gasteiger charge is -2.27. The molecule has 1 aromatic carbocycles. The number of thioether (sulfide) groups is 1. The second-order valence-electron chi connectivity index (χ2n) is 6.47. The molecule has 0 spiro atoms. The van der Waals surface area contributed by atoms with Crippen LogP contribution < -0.4 is 4.90 Å². The lowest BCUT2D eigenvalue weighted by Crippen LogP contribution is -2.38. The van der Waals surface area contributed by atoms with E-state index in [1.54, 1.807) is 6.07 Å². The summed E-state index contributed by atoms with van der Waals surface area (Å²) in [6.07, 6.45) is -3.10. The van der Waals surface area contributed by atoms with Gasteiger partial charge in [-0.05, 0) is 23.2 Å². The van der Waals surface area contributed by atoms with Gasteiger partial charge in [-0.15, -0.1) is 0 Å². The van der Waals surface area contributed by atoms with Crippen LogP contribution in [0.2, 0.25) is 5.28 Å². The monoisotopic (exact) mass is 473 g/mol. The van der Waals surface area contributed by atoms with Gasteiger partial charge in [0.2, 0.25) is 5.28 Å². The third-order valence-corrected chi connectivity index (χ3v) is 7.04. The topological polar surface area (TPSA) is 71.9 Å². The molecule has 12 heteroatoms. The first kappa shape index (κ1) is 21.3. The zero-order valence-corrected chi connectivity index (χ0v) is 17.8. The lowest BCUT2D eigenvalue weighted by molar-refractivity contribution is -0.138. The van der Waals surface area contributed by atoms with Crippen molar-refractivity contribution in [3.05, 3.63) is 47.0 Å². The highest BCUT2D eigenvalue weighted by Gasteiger charge is 2.33. The molecule has 0 unspecified atom stereocenters. The van der Waals surface area contributed by atoms with Crippen LogP contribution in [0.3, 0.4) is 0 Å². The molecule has 1 aliphatic heterocycles. The van der Waals surface area contributed by atoms with Crippen LogP contribution in [0.15, 0.2) is 35.6 Å². The Hall–Kier alpha value is -1.98. The first-order chi connectivity index (χ1) is 14.3. The number of halogens is 4. The molecule has 0 N–H and O–H groups in total. The molecule has 4 rings (SSSR count).